The SMILES string of the molecule is CCCCC(C)C(C)c1ccccc1C(C)(C)C. The fourth-order valence-corrected chi connectivity index (χ4v) is 2.66. The first-order valence-corrected chi connectivity index (χ1v) is 7.47. The molecule has 0 heterocycles. The van der Waals surface area contributed by atoms with Crippen molar-refractivity contribution < 1.29 is 0 Å². The Morgan fingerprint density at radius 3 is 2.22 bits per heavy atom. The third kappa shape index (κ3) is 3.86. The summed E-state index contributed by atoms with van der Waals surface area (Å²) in [5, 5.41) is 0. The van der Waals surface area contributed by atoms with Crippen LogP contribution in [-0.4, -0.2) is 0 Å². The van der Waals surface area contributed by atoms with E-state index < -0.39 is 0 Å². The summed E-state index contributed by atoms with van der Waals surface area (Å²) < 4.78 is 0. The number of hydrogen-bond donors (Lipinski definition) is 0. The summed E-state index contributed by atoms with van der Waals surface area (Å²) in [6.45, 7) is 14.0. The highest BCUT2D eigenvalue weighted by Crippen LogP contribution is 2.35. The van der Waals surface area contributed by atoms with E-state index in [0.717, 1.165) is 5.92 Å². The van der Waals surface area contributed by atoms with Gasteiger partial charge in [-0.25, -0.2) is 0 Å². The van der Waals surface area contributed by atoms with Gasteiger partial charge in [0.25, 0.3) is 0 Å². The van der Waals surface area contributed by atoms with Crippen LogP contribution in [0.4, 0.5) is 0 Å². The van der Waals surface area contributed by atoms with Gasteiger partial charge in [0.15, 0.2) is 0 Å². The predicted octanol–water partition coefficient (Wildman–Crippen LogP) is 5.91. The van der Waals surface area contributed by atoms with Gasteiger partial charge < -0.3 is 0 Å². The maximum absolute atomic E-state index is 2.40. The zero-order valence-corrected chi connectivity index (χ0v) is 13.1. The van der Waals surface area contributed by atoms with Gasteiger partial charge in [0.1, 0.15) is 0 Å². The lowest BCUT2D eigenvalue weighted by molar-refractivity contribution is 0.429. The molecule has 0 aromatic heterocycles. The van der Waals surface area contributed by atoms with Gasteiger partial charge in [0, 0.05) is 0 Å². The van der Waals surface area contributed by atoms with Gasteiger partial charge >= 0.3 is 0 Å². The van der Waals surface area contributed by atoms with Crippen LogP contribution in [0.2, 0.25) is 0 Å². The first kappa shape index (κ1) is 15.3. The van der Waals surface area contributed by atoms with E-state index in [0.29, 0.717) is 5.92 Å². The molecule has 0 bridgehead atoms. The van der Waals surface area contributed by atoms with Crippen molar-refractivity contribution in [2.24, 2.45) is 5.92 Å². The van der Waals surface area contributed by atoms with Gasteiger partial charge in [-0.3, -0.25) is 0 Å². The molecule has 0 radical (unpaired) electrons. The molecule has 0 spiro atoms. The Hall–Kier alpha value is -0.780. The molecule has 0 nitrogen and oxygen atoms in total. The second kappa shape index (κ2) is 6.41. The lowest BCUT2D eigenvalue weighted by Crippen LogP contribution is -2.17. The average molecular weight is 246 g/mol. The minimum absolute atomic E-state index is 0.245. The Labute approximate surface area is 114 Å². The van der Waals surface area contributed by atoms with Crippen molar-refractivity contribution >= 4 is 0 Å². The molecule has 18 heavy (non-hydrogen) atoms. The number of rotatable bonds is 5. The summed E-state index contributed by atoms with van der Waals surface area (Å²) in [6, 6.07) is 8.99. The van der Waals surface area contributed by atoms with Crippen LogP contribution in [-0.2, 0) is 5.41 Å². The van der Waals surface area contributed by atoms with Crippen LogP contribution in [0.25, 0.3) is 0 Å². The van der Waals surface area contributed by atoms with E-state index in [1.54, 1.807) is 5.56 Å². The van der Waals surface area contributed by atoms with Crippen molar-refractivity contribution in [1.29, 1.82) is 0 Å². The van der Waals surface area contributed by atoms with Crippen molar-refractivity contribution in [2.75, 3.05) is 0 Å². The third-order valence-corrected chi connectivity index (χ3v) is 4.13. The summed E-state index contributed by atoms with van der Waals surface area (Å²) in [5.41, 5.74) is 3.31. The highest BCUT2D eigenvalue weighted by Gasteiger charge is 2.22. The van der Waals surface area contributed by atoms with Crippen molar-refractivity contribution in [3.05, 3.63) is 35.4 Å². The molecule has 1 rings (SSSR count). The second-order valence-corrected chi connectivity index (χ2v) is 6.75. The molecular formula is C18H30. The van der Waals surface area contributed by atoms with Crippen LogP contribution in [0.15, 0.2) is 24.3 Å². The van der Waals surface area contributed by atoms with Crippen molar-refractivity contribution in [3.63, 3.8) is 0 Å². The summed E-state index contributed by atoms with van der Waals surface area (Å²) in [6.07, 6.45) is 4.00. The second-order valence-electron chi connectivity index (χ2n) is 6.75. The Morgan fingerprint density at radius 1 is 1.06 bits per heavy atom. The lowest BCUT2D eigenvalue weighted by atomic mass is 9.76. The average Bonchev–Trinajstić information content (AvgIpc) is 2.34. The smallest absolute Gasteiger partial charge is 0.0129 e. The molecule has 0 aliphatic carbocycles. The monoisotopic (exact) mass is 246 g/mol. The van der Waals surface area contributed by atoms with Crippen LogP contribution in [0.3, 0.4) is 0 Å². The molecule has 0 aliphatic heterocycles. The predicted molar refractivity (Wildman–Crippen MR) is 82.2 cm³/mol. The fourth-order valence-electron chi connectivity index (χ4n) is 2.66. The molecule has 0 N–H and O–H groups in total. The summed E-state index contributed by atoms with van der Waals surface area (Å²) in [4.78, 5) is 0. The number of unbranched alkanes of at least 4 members (excludes halogenated alkanes) is 1. The Bertz CT molecular complexity index is 357. The Kier molecular flexibility index (Phi) is 5.44. The Balaban J connectivity index is 2.95. The maximum Gasteiger partial charge on any atom is -0.0129 e. The molecule has 102 valence electrons. The van der Waals surface area contributed by atoms with Crippen LogP contribution in [0.5, 0.6) is 0 Å². The molecule has 1 aromatic rings. The first-order chi connectivity index (χ1) is 8.38. The molecule has 0 aliphatic rings. The van der Waals surface area contributed by atoms with E-state index in [2.05, 4.69) is 65.8 Å². The van der Waals surface area contributed by atoms with Gasteiger partial charge in [0.2, 0.25) is 0 Å². The third-order valence-electron chi connectivity index (χ3n) is 4.13. The normalized spacial score (nSPS) is 15.4. The zero-order valence-electron chi connectivity index (χ0n) is 13.1. The highest BCUT2D eigenvalue weighted by molar-refractivity contribution is 5.35. The molecule has 2 atom stereocenters. The summed E-state index contributed by atoms with van der Waals surface area (Å²) in [5.74, 6) is 1.43. The van der Waals surface area contributed by atoms with Crippen LogP contribution >= 0.6 is 0 Å². The zero-order chi connectivity index (χ0) is 13.8. The van der Waals surface area contributed by atoms with E-state index in [4.69, 9.17) is 0 Å². The van der Waals surface area contributed by atoms with Crippen LogP contribution in [0, 0.1) is 5.92 Å². The van der Waals surface area contributed by atoms with Gasteiger partial charge in [-0.2, -0.15) is 0 Å². The summed E-state index contributed by atoms with van der Waals surface area (Å²) in [7, 11) is 0. The van der Waals surface area contributed by atoms with E-state index in [-0.39, 0.29) is 5.41 Å². The first-order valence-electron chi connectivity index (χ1n) is 7.47. The summed E-state index contributed by atoms with van der Waals surface area (Å²) >= 11 is 0. The molecule has 0 saturated carbocycles. The quantitative estimate of drug-likeness (QED) is 0.605. The van der Waals surface area contributed by atoms with Gasteiger partial charge in [-0.1, -0.05) is 85.1 Å². The van der Waals surface area contributed by atoms with Crippen molar-refractivity contribution in [3.8, 4) is 0 Å². The van der Waals surface area contributed by atoms with Gasteiger partial charge in [-0.05, 0) is 28.4 Å². The molecular weight excluding hydrogens is 216 g/mol. The van der Waals surface area contributed by atoms with Crippen molar-refractivity contribution in [1.82, 2.24) is 0 Å². The topological polar surface area (TPSA) is 0 Å². The highest BCUT2D eigenvalue weighted by atomic mass is 14.3. The molecule has 1 aromatic carbocycles. The minimum Gasteiger partial charge on any atom is -0.0654 e. The van der Waals surface area contributed by atoms with Crippen LogP contribution < -0.4 is 0 Å². The molecule has 2 unspecified atom stereocenters. The molecule has 0 amide bonds. The fraction of sp³-hybridized carbons (Fsp3) is 0.667. The van der Waals surface area contributed by atoms with Gasteiger partial charge in [-0.15, -0.1) is 0 Å². The maximum atomic E-state index is 2.40. The molecule has 0 saturated heterocycles. The van der Waals surface area contributed by atoms with Gasteiger partial charge in [0.05, 0.1) is 0 Å². The molecule has 0 fully saturated rings. The number of benzene rings is 1. The minimum atomic E-state index is 0.245. The van der Waals surface area contributed by atoms with E-state index in [9.17, 15) is 0 Å². The largest absolute Gasteiger partial charge is 0.0654 e. The van der Waals surface area contributed by atoms with Crippen molar-refractivity contribution in [2.45, 2.75) is 72.1 Å². The van der Waals surface area contributed by atoms with Crippen LogP contribution in [0.1, 0.15) is 77.8 Å². The lowest BCUT2D eigenvalue weighted by Gasteiger charge is -2.28. The van der Waals surface area contributed by atoms with E-state index >= 15 is 0 Å². The molecule has 0 heteroatoms. The number of hydrogen-bond acceptors (Lipinski definition) is 0. The van der Waals surface area contributed by atoms with E-state index in [1.165, 1.54) is 24.8 Å². The standard InChI is InChI=1S/C18H30/c1-7-8-11-14(2)15(3)16-12-9-10-13-17(16)18(4,5)6/h9-10,12-15H,7-8,11H2,1-6H3. The Morgan fingerprint density at radius 2 is 1.67 bits per heavy atom. The van der Waals surface area contributed by atoms with E-state index in [1.807, 2.05) is 0 Å².